The van der Waals surface area contributed by atoms with Crippen LogP contribution in [0.4, 0.5) is 5.69 Å². The zero-order chi connectivity index (χ0) is 14.8. The highest BCUT2D eigenvalue weighted by atomic mass is 35.5. The van der Waals surface area contributed by atoms with Gasteiger partial charge >= 0.3 is 0 Å². The predicted octanol–water partition coefficient (Wildman–Crippen LogP) is 2.25. The summed E-state index contributed by atoms with van der Waals surface area (Å²) in [6.07, 6.45) is 7.27. The van der Waals surface area contributed by atoms with Crippen LogP contribution in [0.25, 0.3) is 0 Å². The summed E-state index contributed by atoms with van der Waals surface area (Å²) < 4.78 is 1.57. The molecule has 1 saturated heterocycles. The highest BCUT2D eigenvalue weighted by molar-refractivity contribution is 6.33. The maximum absolute atomic E-state index is 12.6. The van der Waals surface area contributed by atoms with Crippen LogP contribution in [-0.4, -0.2) is 28.4 Å². The first kappa shape index (κ1) is 14.9. The Morgan fingerprint density at radius 3 is 2.95 bits per heavy atom. The highest BCUT2D eigenvalue weighted by Crippen LogP contribution is 2.27. The number of halogens is 1. The molecule has 116 valence electrons. The Hall–Kier alpha value is -1.07. The van der Waals surface area contributed by atoms with E-state index in [4.69, 9.17) is 11.6 Å². The third-order valence-electron chi connectivity index (χ3n) is 4.63. The smallest absolute Gasteiger partial charge is 0.291 e. The number of anilines is 1. The highest BCUT2D eigenvalue weighted by Gasteiger charge is 2.23. The van der Waals surface area contributed by atoms with E-state index < -0.39 is 0 Å². The predicted molar refractivity (Wildman–Crippen MR) is 85.0 cm³/mol. The molecule has 1 saturated carbocycles. The molecule has 2 heterocycles. The minimum absolute atomic E-state index is 0.0828. The maximum Gasteiger partial charge on any atom is 0.291 e. The molecule has 0 spiro atoms. The Bertz CT molecular complexity index is 555. The van der Waals surface area contributed by atoms with Gasteiger partial charge in [-0.2, -0.15) is 5.10 Å². The van der Waals surface area contributed by atoms with Gasteiger partial charge in [0, 0.05) is 18.6 Å². The molecular formula is C15H23ClN4O. The summed E-state index contributed by atoms with van der Waals surface area (Å²) >= 11 is 6.19. The molecule has 2 fully saturated rings. The molecule has 6 heteroatoms. The van der Waals surface area contributed by atoms with Crippen LogP contribution in [0.3, 0.4) is 0 Å². The van der Waals surface area contributed by atoms with E-state index in [1.54, 1.807) is 10.9 Å². The van der Waals surface area contributed by atoms with Crippen molar-refractivity contribution >= 4 is 17.3 Å². The van der Waals surface area contributed by atoms with Crippen molar-refractivity contribution in [1.29, 1.82) is 0 Å². The van der Waals surface area contributed by atoms with E-state index in [1.807, 2.05) is 0 Å². The molecule has 0 amide bonds. The summed E-state index contributed by atoms with van der Waals surface area (Å²) in [4.78, 5) is 12.6. The molecule has 2 unspecified atom stereocenters. The minimum Gasteiger partial charge on any atom is -0.376 e. The van der Waals surface area contributed by atoms with Crippen LogP contribution >= 0.6 is 11.6 Å². The van der Waals surface area contributed by atoms with Gasteiger partial charge in [0.05, 0.1) is 11.2 Å². The topological polar surface area (TPSA) is 59.0 Å². The van der Waals surface area contributed by atoms with Crippen LogP contribution in [0, 0.1) is 5.92 Å². The molecule has 3 rings (SSSR count). The molecule has 1 aliphatic carbocycles. The first-order valence-corrected chi connectivity index (χ1v) is 8.27. The van der Waals surface area contributed by atoms with Crippen molar-refractivity contribution < 1.29 is 0 Å². The van der Waals surface area contributed by atoms with Crippen molar-refractivity contribution in [3.05, 3.63) is 21.6 Å². The van der Waals surface area contributed by atoms with Crippen molar-refractivity contribution in [2.75, 3.05) is 11.9 Å². The average Bonchev–Trinajstić information content (AvgIpc) is 2.41. The van der Waals surface area contributed by atoms with E-state index in [1.165, 1.54) is 19.3 Å². The van der Waals surface area contributed by atoms with Crippen molar-refractivity contribution in [1.82, 2.24) is 15.1 Å². The van der Waals surface area contributed by atoms with Crippen molar-refractivity contribution in [2.24, 2.45) is 5.92 Å². The number of hydrogen-bond acceptors (Lipinski definition) is 4. The molecule has 1 aliphatic heterocycles. The molecular weight excluding hydrogens is 288 g/mol. The molecule has 1 aromatic heterocycles. The standard InChI is InChI=1S/C15H23ClN4O/c1-10-7-12(5-6-17-10)19-14-13(16)8-18-20(15(14)21)9-11-3-2-4-11/h8,10-12,17,19H,2-7,9H2,1H3. The largest absolute Gasteiger partial charge is 0.376 e. The van der Waals surface area contributed by atoms with Gasteiger partial charge in [-0.3, -0.25) is 4.79 Å². The molecule has 0 radical (unpaired) electrons. The lowest BCUT2D eigenvalue weighted by molar-refractivity contribution is 0.262. The van der Waals surface area contributed by atoms with Crippen LogP contribution in [-0.2, 0) is 6.54 Å². The average molecular weight is 311 g/mol. The van der Waals surface area contributed by atoms with E-state index in [2.05, 4.69) is 22.7 Å². The van der Waals surface area contributed by atoms with E-state index in [-0.39, 0.29) is 5.56 Å². The van der Waals surface area contributed by atoms with Crippen LogP contribution in [0.5, 0.6) is 0 Å². The summed E-state index contributed by atoms with van der Waals surface area (Å²) in [7, 11) is 0. The molecule has 1 aromatic rings. The van der Waals surface area contributed by atoms with Crippen LogP contribution in [0.2, 0.25) is 5.02 Å². The van der Waals surface area contributed by atoms with Gasteiger partial charge in [0.15, 0.2) is 0 Å². The quantitative estimate of drug-likeness (QED) is 0.895. The lowest BCUT2D eigenvalue weighted by Crippen LogP contribution is -2.42. The molecule has 21 heavy (non-hydrogen) atoms. The summed E-state index contributed by atoms with van der Waals surface area (Å²) in [6, 6.07) is 0.764. The first-order chi connectivity index (χ1) is 10.1. The lowest BCUT2D eigenvalue weighted by Gasteiger charge is -2.30. The number of nitrogens with zero attached hydrogens (tertiary/aromatic N) is 2. The van der Waals surface area contributed by atoms with Crippen LogP contribution in [0.15, 0.2) is 11.0 Å². The Balaban J connectivity index is 1.76. The first-order valence-electron chi connectivity index (χ1n) is 7.89. The van der Waals surface area contributed by atoms with Gasteiger partial charge in [-0.15, -0.1) is 0 Å². The van der Waals surface area contributed by atoms with Gasteiger partial charge in [-0.05, 0) is 45.1 Å². The second kappa shape index (κ2) is 6.36. The van der Waals surface area contributed by atoms with Gasteiger partial charge in [0.25, 0.3) is 5.56 Å². The molecule has 0 aromatic carbocycles. The van der Waals surface area contributed by atoms with Gasteiger partial charge in [-0.1, -0.05) is 18.0 Å². The number of hydrogen-bond donors (Lipinski definition) is 2. The Kier molecular flexibility index (Phi) is 4.50. The summed E-state index contributed by atoms with van der Waals surface area (Å²) in [5.41, 5.74) is 0.436. The maximum atomic E-state index is 12.6. The lowest BCUT2D eigenvalue weighted by atomic mass is 9.85. The fourth-order valence-corrected chi connectivity index (χ4v) is 3.30. The molecule has 0 bridgehead atoms. The number of piperidine rings is 1. The Morgan fingerprint density at radius 1 is 1.48 bits per heavy atom. The SMILES string of the molecule is CC1CC(Nc2c(Cl)cnn(CC3CCC3)c2=O)CCN1. The van der Waals surface area contributed by atoms with Crippen LogP contribution < -0.4 is 16.2 Å². The van der Waals surface area contributed by atoms with Gasteiger partial charge in [0.2, 0.25) is 0 Å². The Morgan fingerprint density at radius 2 is 2.29 bits per heavy atom. The van der Waals surface area contributed by atoms with Crippen molar-refractivity contribution in [3.63, 3.8) is 0 Å². The zero-order valence-electron chi connectivity index (χ0n) is 12.4. The van der Waals surface area contributed by atoms with Crippen molar-refractivity contribution in [2.45, 2.75) is 57.7 Å². The second-order valence-corrected chi connectivity index (χ2v) is 6.78. The third kappa shape index (κ3) is 3.40. The number of nitrogens with one attached hydrogen (secondary N) is 2. The summed E-state index contributed by atoms with van der Waals surface area (Å²) in [5.74, 6) is 0.600. The van der Waals surface area contributed by atoms with Gasteiger partial charge in [0.1, 0.15) is 5.69 Å². The second-order valence-electron chi connectivity index (χ2n) is 6.37. The number of aromatic nitrogens is 2. The van der Waals surface area contributed by atoms with Crippen LogP contribution in [0.1, 0.15) is 39.0 Å². The van der Waals surface area contributed by atoms with E-state index in [0.29, 0.717) is 35.3 Å². The summed E-state index contributed by atoms with van der Waals surface area (Å²) in [5, 5.41) is 11.4. The van der Waals surface area contributed by atoms with E-state index in [0.717, 1.165) is 19.4 Å². The molecule has 2 aliphatic rings. The third-order valence-corrected chi connectivity index (χ3v) is 4.91. The molecule has 5 nitrogen and oxygen atoms in total. The Labute approximate surface area is 130 Å². The number of rotatable bonds is 4. The van der Waals surface area contributed by atoms with Crippen molar-refractivity contribution in [3.8, 4) is 0 Å². The fraction of sp³-hybridized carbons (Fsp3) is 0.733. The van der Waals surface area contributed by atoms with Gasteiger partial charge < -0.3 is 10.6 Å². The fourth-order valence-electron chi connectivity index (χ4n) is 3.12. The zero-order valence-corrected chi connectivity index (χ0v) is 13.2. The van der Waals surface area contributed by atoms with E-state index >= 15 is 0 Å². The summed E-state index contributed by atoms with van der Waals surface area (Å²) in [6.45, 7) is 3.85. The minimum atomic E-state index is -0.0828. The molecule has 2 atom stereocenters. The molecule has 2 N–H and O–H groups in total. The monoisotopic (exact) mass is 310 g/mol. The normalized spacial score (nSPS) is 26.4. The van der Waals surface area contributed by atoms with Gasteiger partial charge in [-0.25, -0.2) is 4.68 Å². The van der Waals surface area contributed by atoms with E-state index in [9.17, 15) is 4.79 Å².